The molecule has 1 aliphatic heterocycles. The molecule has 1 fully saturated rings. The molecule has 1 aromatic heterocycles. The summed E-state index contributed by atoms with van der Waals surface area (Å²) in [4.78, 5) is 11.4. The maximum Gasteiger partial charge on any atom is 0.182 e. The highest BCUT2D eigenvalue weighted by Gasteiger charge is 2.35. The van der Waals surface area contributed by atoms with Gasteiger partial charge in [-0.25, -0.2) is 0 Å². The molecule has 1 saturated heterocycles. The minimum Gasteiger partial charge on any atom is -0.394 e. The van der Waals surface area contributed by atoms with Crippen molar-refractivity contribution in [3.05, 3.63) is 33.7 Å². The minimum absolute atomic E-state index is 0.0244. The van der Waals surface area contributed by atoms with Crippen LogP contribution in [0.15, 0.2) is 16.9 Å². The third-order valence-electron chi connectivity index (χ3n) is 3.60. The number of ether oxygens (including phenoxy) is 1. The van der Waals surface area contributed by atoms with Crippen LogP contribution in [0, 0.1) is 13.8 Å². The summed E-state index contributed by atoms with van der Waals surface area (Å²) in [6.45, 7) is 5.24. The quantitative estimate of drug-likeness (QED) is 0.833. The van der Waals surface area contributed by atoms with E-state index in [1.807, 2.05) is 13.8 Å². The van der Waals surface area contributed by atoms with Gasteiger partial charge < -0.3 is 14.4 Å². The van der Waals surface area contributed by atoms with Crippen molar-refractivity contribution in [2.45, 2.75) is 32.2 Å². The molecule has 0 radical (unpaired) electrons. The fourth-order valence-electron chi connectivity index (χ4n) is 2.81. The van der Waals surface area contributed by atoms with E-state index in [2.05, 4.69) is 4.57 Å². The van der Waals surface area contributed by atoms with E-state index in [0.717, 1.165) is 24.2 Å². The molecule has 0 saturated carbocycles. The lowest BCUT2D eigenvalue weighted by atomic mass is 9.89. The number of aliphatic hydroxyl groups is 1. The number of rotatable bonds is 2. The Morgan fingerprint density at radius 3 is 2.29 bits per heavy atom. The maximum absolute atomic E-state index is 11.4. The smallest absolute Gasteiger partial charge is 0.182 e. The van der Waals surface area contributed by atoms with Crippen molar-refractivity contribution in [3.63, 3.8) is 0 Å². The molecule has 0 aliphatic carbocycles. The molecule has 4 heteroatoms. The van der Waals surface area contributed by atoms with Crippen LogP contribution in [0.1, 0.15) is 24.2 Å². The van der Waals surface area contributed by atoms with Crippen LogP contribution in [0.3, 0.4) is 0 Å². The lowest BCUT2D eigenvalue weighted by Crippen LogP contribution is -2.45. The van der Waals surface area contributed by atoms with Gasteiger partial charge in [0, 0.05) is 36.7 Å². The Bertz CT molecular complexity index is 432. The zero-order valence-electron chi connectivity index (χ0n) is 10.4. The number of nitrogens with zero attached hydrogens (tertiary/aromatic N) is 1. The van der Waals surface area contributed by atoms with Crippen molar-refractivity contribution in [1.82, 2.24) is 4.57 Å². The first-order valence-corrected chi connectivity index (χ1v) is 5.98. The van der Waals surface area contributed by atoms with Gasteiger partial charge >= 0.3 is 0 Å². The molecule has 0 atom stereocenters. The van der Waals surface area contributed by atoms with E-state index in [0.29, 0.717) is 13.2 Å². The molecule has 2 rings (SSSR count). The summed E-state index contributed by atoms with van der Waals surface area (Å²) in [5, 5.41) is 9.76. The number of hydrogen-bond acceptors (Lipinski definition) is 3. The van der Waals surface area contributed by atoms with Crippen LogP contribution in [0.25, 0.3) is 0 Å². The standard InChI is InChI=1S/C13H19NO3/c1-10-7-12(16)8-11(2)14(10)13(9-15)3-5-17-6-4-13/h7-8,15H,3-6,9H2,1-2H3. The molecule has 1 aliphatic rings. The van der Waals surface area contributed by atoms with Crippen LogP contribution >= 0.6 is 0 Å². The summed E-state index contributed by atoms with van der Waals surface area (Å²) < 4.78 is 7.46. The van der Waals surface area contributed by atoms with Gasteiger partial charge in [0.2, 0.25) is 0 Å². The summed E-state index contributed by atoms with van der Waals surface area (Å²) in [7, 11) is 0. The molecule has 0 unspecified atom stereocenters. The molecular formula is C13H19NO3. The molecular weight excluding hydrogens is 218 g/mol. The summed E-state index contributed by atoms with van der Waals surface area (Å²) in [6, 6.07) is 3.25. The molecule has 4 nitrogen and oxygen atoms in total. The molecule has 2 heterocycles. The van der Waals surface area contributed by atoms with E-state index < -0.39 is 0 Å². The van der Waals surface area contributed by atoms with Crippen molar-refractivity contribution in [2.24, 2.45) is 0 Å². The zero-order chi connectivity index (χ0) is 12.5. The van der Waals surface area contributed by atoms with E-state index in [9.17, 15) is 9.90 Å². The fourth-order valence-corrected chi connectivity index (χ4v) is 2.81. The first kappa shape index (κ1) is 12.3. The second-order valence-electron chi connectivity index (χ2n) is 4.80. The largest absolute Gasteiger partial charge is 0.394 e. The zero-order valence-corrected chi connectivity index (χ0v) is 10.4. The Kier molecular flexibility index (Phi) is 3.35. The van der Waals surface area contributed by atoms with Gasteiger partial charge in [0.05, 0.1) is 12.1 Å². The highest BCUT2D eigenvalue weighted by Crippen LogP contribution is 2.30. The van der Waals surface area contributed by atoms with Gasteiger partial charge in [0.15, 0.2) is 5.43 Å². The average Bonchev–Trinajstić information content (AvgIpc) is 2.28. The first-order chi connectivity index (χ1) is 8.09. The summed E-state index contributed by atoms with van der Waals surface area (Å²) in [5.41, 5.74) is 1.54. The highest BCUT2D eigenvalue weighted by atomic mass is 16.5. The summed E-state index contributed by atoms with van der Waals surface area (Å²) in [6.07, 6.45) is 1.57. The van der Waals surface area contributed by atoms with Crippen LogP contribution in [0.5, 0.6) is 0 Å². The Labute approximate surface area is 101 Å². The number of aliphatic hydroxyl groups excluding tert-OH is 1. The van der Waals surface area contributed by atoms with Crippen molar-refractivity contribution >= 4 is 0 Å². The fraction of sp³-hybridized carbons (Fsp3) is 0.615. The Morgan fingerprint density at radius 2 is 1.82 bits per heavy atom. The Hall–Kier alpha value is -1.13. The number of aryl methyl sites for hydroxylation is 2. The Balaban J connectivity index is 2.53. The average molecular weight is 237 g/mol. The first-order valence-electron chi connectivity index (χ1n) is 5.98. The number of pyridine rings is 1. The molecule has 0 spiro atoms. The van der Waals surface area contributed by atoms with E-state index >= 15 is 0 Å². The normalized spacial score (nSPS) is 19.2. The number of hydrogen-bond donors (Lipinski definition) is 1. The lowest BCUT2D eigenvalue weighted by Gasteiger charge is -2.40. The van der Waals surface area contributed by atoms with Gasteiger partial charge in [-0.15, -0.1) is 0 Å². The van der Waals surface area contributed by atoms with Gasteiger partial charge in [0.1, 0.15) is 0 Å². The second-order valence-corrected chi connectivity index (χ2v) is 4.80. The predicted octanol–water partition coefficient (Wildman–Crippen LogP) is 0.963. The maximum atomic E-state index is 11.4. The third-order valence-corrected chi connectivity index (χ3v) is 3.60. The van der Waals surface area contributed by atoms with Gasteiger partial charge in [-0.05, 0) is 26.7 Å². The highest BCUT2D eigenvalue weighted by molar-refractivity contribution is 5.16. The molecule has 94 valence electrons. The molecule has 0 amide bonds. The van der Waals surface area contributed by atoms with Crippen LogP contribution < -0.4 is 5.43 Å². The number of aromatic nitrogens is 1. The van der Waals surface area contributed by atoms with Crippen molar-refractivity contribution < 1.29 is 9.84 Å². The molecule has 0 bridgehead atoms. The van der Waals surface area contributed by atoms with E-state index in [1.165, 1.54) is 0 Å². The summed E-state index contributed by atoms with van der Waals surface area (Å²) >= 11 is 0. The van der Waals surface area contributed by atoms with E-state index in [4.69, 9.17) is 4.74 Å². The van der Waals surface area contributed by atoms with E-state index in [-0.39, 0.29) is 17.6 Å². The predicted molar refractivity (Wildman–Crippen MR) is 65.3 cm³/mol. The third kappa shape index (κ3) is 2.15. The lowest BCUT2D eigenvalue weighted by molar-refractivity contribution is -0.0103. The van der Waals surface area contributed by atoms with Gasteiger partial charge in [-0.3, -0.25) is 4.79 Å². The molecule has 17 heavy (non-hydrogen) atoms. The molecule has 1 aromatic rings. The summed E-state index contributed by atoms with van der Waals surface area (Å²) in [5.74, 6) is 0. The van der Waals surface area contributed by atoms with Crippen molar-refractivity contribution in [3.8, 4) is 0 Å². The van der Waals surface area contributed by atoms with E-state index in [1.54, 1.807) is 12.1 Å². The molecule has 0 aromatic carbocycles. The SMILES string of the molecule is Cc1cc(=O)cc(C)n1C1(CO)CCOCC1. The minimum atomic E-state index is -0.305. The van der Waals surface area contributed by atoms with Gasteiger partial charge in [-0.2, -0.15) is 0 Å². The monoisotopic (exact) mass is 237 g/mol. The van der Waals surface area contributed by atoms with Crippen LogP contribution in [-0.2, 0) is 10.3 Å². The molecule has 1 N–H and O–H groups in total. The van der Waals surface area contributed by atoms with Crippen molar-refractivity contribution in [1.29, 1.82) is 0 Å². The van der Waals surface area contributed by atoms with Crippen LogP contribution in [0.4, 0.5) is 0 Å². The van der Waals surface area contributed by atoms with Crippen LogP contribution in [-0.4, -0.2) is 29.5 Å². The second kappa shape index (κ2) is 4.63. The van der Waals surface area contributed by atoms with Crippen molar-refractivity contribution in [2.75, 3.05) is 19.8 Å². The Morgan fingerprint density at radius 1 is 1.29 bits per heavy atom. The van der Waals surface area contributed by atoms with Crippen LogP contribution in [0.2, 0.25) is 0 Å². The van der Waals surface area contributed by atoms with Gasteiger partial charge in [0.25, 0.3) is 0 Å². The topological polar surface area (TPSA) is 51.5 Å². The van der Waals surface area contributed by atoms with Gasteiger partial charge in [-0.1, -0.05) is 0 Å².